The van der Waals surface area contributed by atoms with Crippen molar-refractivity contribution in [1.29, 1.82) is 0 Å². The van der Waals surface area contributed by atoms with Gasteiger partial charge >= 0.3 is 5.97 Å². The Morgan fingerprint density at radius 1 is 1.22 bits per heavy atom. The van der Waals surface area contributed by atoms with Gasteiger partial charge in [0.1, 0.15) is 55.0 Å². The van der Waals surface area contributed by atoms with Crippen LogP contribution in [0, 0.1) is 20.8 Å². The SMILES string of the molecule is C=CCOc1c(C)c(C)c2c(c1C)CCC(C)(COc1ccc3c(c1)C=C(/C=C1/CN(CC(=O)O)C(=O)S1)CO3)O2. The molecule has 5 rings (SSSR count). The van der Waals surface area contributed by atoms with Crippen LogP contribution in [0.3, 0.4) is 0 Å². The molecule has 0 saturated carbocycles. The summed E-state index contributed by atoms with van der Waals surface area (Å²) in [6.07, 6.45) is 7.35. The number of hydrogen-bond acceptors (Lipinski definition) is 7. The van der Waals surface area contributed by atoms with Crippen molar-refractivity contribution in [2.24, 2.45) is 0 Å². The number of carboxylic acids is 1. The Kier molecular flexibility index (Phi) is 8.09. The summed E-state index contributed by atoms with van der Waals surface area (Å²) in [5, 5.41) is 8.76. The molecular weight excluding hydrogens is 542 g/mol. The average Bonchev–Trinajstić information content (AvgIpc) is 3.27. The molecule has 9 heteroatoms. The molecule has 0 spiro atoms. The number of aliphatic carboxylic acids is 1. The van der Waals surface area contributed by atoms with E-state index in [0.29, 0.717) is 25.6 Å². The second-order valence-electron chi connectivity index (χ2n) is 10.9. The summed E-state index contributed by atoms with van der Waals surface area (Å²) in [6, 6.07) is 5.74. The highest BCUT2D eigenvalue weighted by Gasteiger charge is 2.36. The van der Waals surface area contributed by atoms with E-state index in [1.165, 1.54) is 10.5 Å². The molecule has 1 amide bonds. The van der Waals surface area contributed by atoms with Gasteiger partial charge in [0.05, 0.1) is 6.54 Å². The van der Waals surface area contributed by atoms with Crippen LogP contribution in [-0.4, -0.2) is 59.7 Å². The minimum absolute atomic E-state index is 0.255. The maximum atomic E-state index is 12.1. The number of thioether (sulfide) groups is 1. The van der Waals surface area contributed by atoms with Crippen molar-refractivity contribution in [1.82, 2.24) is 4.90 Å². The molecule has 8 nitrogen and oxygen atoms in total. The van der Waals surface area contributed by atoms with Crippen molar-refractivity contribution < 1.29 is 33.6 Å². The number of carbonyl (C=O) groups is 2. The van der Waals surface area contributed by atoms with Gasteiger partial charge in [-0.25, -0.2) is 0 Å². The van der Waals surface area contributed by atoms with Crippen LogP contribution in [0.5, 0.6) is 23.0 Å². The Bertz CT molecular complexity index is 1480. The molecule has 2 aromatic rings. The molecule has 3 aliphatic heterocycles. The second-order valence-corrected chi connectivity index (χ2v) is 12.0. The van der Waals surface area contributed by atoms with Crippen LogP contribution in [0.15, 0.2) is 47.4 Å². The Balaban J connectivity index is 1.28. The molecule has 1 N–H and O–H groups in total. The average molecular weight is 578 g/mol. The molecule has 0 radical (unpaired) electrons. The fraction of sp³-hybridized carbons (Fsp3) is 0.375. The zero-order chi connectivity index (χ0) is 29.3. The lowest BCUT2D eigenvalue weighted by Crippen LogP contribution is -2.42. The first-order valence-electron chi connectivity index (χ1n) is 13.6. The Morgan fingerprint density at radius 2 is 2.02 bits per heavy atom. The normalized spacial score (nSPS) is 20.5. The Labute approximate surface area is 244 Å². The molecular formula is C32H35NO7S. The lowest BCUT2D eigenvalue weighted by Gasteiger charge is -2.38. The lowest BCUT2D eigenvalue weighted by molar-refractivity contribution is -0.137. The van der Waals surface area contributed by atoms with Crippen LogP contribution >= 0.6 is 11.8 Å². The minimum atomic E-state index is -1.03. The molecule has 1 saturated heterocycles. The van der Waals surface area contributed by atoms with Crippen molar-refractivity contribution in [3.05, 3.63) is 75.2 Å². The maximum absolute atomic E-state index is 12.1. The highest BCUT2D eigenvalue weighted by Crippen LogP contribution is 2.44. The third kappa shape index (κ3) is 6.10. The zero-order valence-electron chi connectivity index (χ0n) is 23.9. The van der Waals surface area contributed by atoms with Crippen LogP contribution in [0.25, 0.3) is 6.08 Å². The van der Waals surface area contributed by atoms with Gasteiger partial charge in [-0.15, -0.1) is 0 Å². The number of amides is 1. The van der Waals surface area contributed by atoms with Crippen molar-refractivity contribution >= 4 is 29.0 Å². The largest absolute Gasteiger partial charge is 0.489 e. The number of ether oxygens (including phenoxy) is 4. The molecule has 216 valence electrons. The van der Waals surface area contributed by atoms with E-state index in [4.69, 9.17) is 24.1 Å². The minimum Gasteiger partial charge on any atom is -0.489 e. The van der Waals surface area contributed by atoms with Crippen molar-refractivity contribution in [3.8, 4) is 23.0 Å². The first-order valence-corrected chi connectivity index (χ1v) is 14.4. The van der Waals surface area contributed by atoms with Gasteiger partial charge in [0.25, 0.3) is 5.24 Å². The lowest BCUT2D eigenvalue weighted by atomic mass is 9.87. The molecule has 1 atom stereocenters. The van der Waals surface area contributed by atoms with Crippen LogP contribution < -0.4 is 18.9 Å². The maximum Gasteiger partial charge on any atom is 0.323 e. The van der Waals surface area contributed by atoms with Gasteiger partial charge in [-0.05, 0) is 105 Å². The molecule has 1 unspecified atom stereocenters. The summed E-state index contributed by atoms with van der Waals surface area (Å²) in [4.78, 5) is 25.2. The van der Waals surface area contributed by atoms with E-state index in [9.17, 15) is 9.59 Å². The highest BCUT2D eigenvalue weighted by molar-refractivity contribution is 8.17. The highest BCUT2D eigenvalue weighted by atomic mass is 32.2. The summed E-state index contributed by atoms with van der Waals surface area (Å²) in [5.41, 5.74) is 5.76. The Hall–Kier alpha value is -3.85. The molecule has 0 bridgehead atoms. The quantitative estimate of drug-likeness (QED) is 0.350. The summed E-state index contributed by atoms with van der Waals surface area (Å²) < 4.78 is 24.8. The monoisotopic (exact) mass is 577 g/mol. The van der Waals surface area contributed by atoms with Crippen molar-refractivity contribution in [3.63, 3.8) is 0 Å². The molecule has 0 aliphatic carbocycles. The van der Waals surface area contributed by atoms with Gasteiger partial charge in [-0.2, -0.15) is 0 Å². The number of carbonyl (C=O) groups excluding carboxylic acids is 1. The van der Waals surface area contributed by atoms with E-state index in [0.717, 1.165) is 74.6 Å². The number of carboxylic acid groups (broad SMARTS) is 1. The van der Waals surface area contributed by atoms with E-state index in [1.807, 2.05) is 30.4 Å². The van der Waals surface area contributed by atoms with Gasteiger partial charge < -0.3 is 29.0 Å². The van der Waals surface area contributed by atoms with E-state index in [1.54, 1.807) is 6.08 Å². The van der Waals surface area contributed by atoms with Crippen molar-refractivity contribution in [2.45, 2.75) is 46.1 Å². The fourth-order valence-corrected chi connectivity index (χ4v) is 6.26. The second kappa shape index (κ2) is 11.6. The number of nitrogens with zero attached hydrogens (tertiary/aromatic N) is 1. The fourth-order valence-electron chi connectivity index (χ4n) is 5.35. The third-order valence-corrected chi connectivity index (χ3v) is 8.61. The molecule has 1 fully saturated rings. The summed E-state index contributed by atoms with van der Waals surface area (Å²) in [6.45, 7) is 13.3. The van der Waals surface area contributed by atoms with E-state index in [2.05, 4.69) is 34.3 Å². The van der Waals surface area contributed by atoms with Gasteiger partial charge in [0.2, 0.25) is 0 Å². The summed E-state index contributed by atoms with van der Waals surface area (Å²) in [5.74, 6) is 2.28. The third-order valence-electron chi connectivity index (χ3n) is 7.67. The number of fused-ring (bicyclic) bond motifs is 2. The standard InChI is InChI=1S/C32H35NO7S/c1-6-11-37-29-19(2)20(3)30-26(21(29)4)9-10-32(5,40-30)18-39-24-7-8-27-23(14-24)12-22(17-38-27)13-25-15-33(16-28(34)35)31(36)41-25/h6-8,12-14H,1,9-11,15-18H2,2-5H3,(H,34,35)/b25-13-. The molecule has 2 aromatic carbocycles. The topological polar surface area (TPSA) is 94.5 Å². The van der Waals surface area contributed by atoms with E-state index >= 15 is 0 Å². The van der Waals surface area contributed by atoms with Gasteiger partial charge in [0, 0.05) is 16.0 Å². The molecule has 3 heterocycles. The first-order chi connectivity index (χ1) is 19.6. The molecule has 0 aromatic heterocycles. The van der Waals surface area contributed by atoms with Crippen LogP contribution in [0.1, 0.15) is 41.2 Å². The molecule has 3 aliphatic rings. The van der Waals surface area contributed by atoms with E-state index < -0.39 is 11.6 Å². The first kappa shape index (κ1) is 28.7. The van der Waals surface area contributed by atoms with Crippen LogP contribution in [-0.2, 0) is 11.2 Å². The Morgan fingerprint density at radius 3 is 2.78 bits per heavy atom. The zero-order valence-corrected chi connectivity index (χ0v) is 24.7. The number of benzene rings is 2. The van der Waals surface area contributed by atoms with Gasteiger partial charge in [0.15, 0.2) is 0 Å². The van der Waals surface area contributed by atoms with Crippen molar-refractivity contribution in [2.75, 3.05) is 32.9 Å². The number of rotatable bonds is 9. The molecule has 41 heavy (non-hydrogen) atoms. The van der Waals surface area contributed by atoms with Gasteiger partial charge in [-0.3, -0.25) is 9.59 Å². The van der Waals surface area contributed by atoms with Gasteiger partial charge in [-0.1, -0.05) is 12.7 Å². The predicted octanol–water partition coefficient (Wildman–Crippen LogP) is 6.25. The van der Waals surface area contributed by atoms with E-state index in [-0.39, 0.29) is 18.3 Å². The van der Waals surface area contributed by atoms with Crippen LogP contribution in [0.2, 0.25) is 0 Å². The smallest absolute Gasteiger partial charge is 0.323 e. The summed E-state index contributed by atoms with van der Waals surface area (Å²) >= 11 is 1.06. The number of hydrogen-bond donors (Lipinski definition) is 1. The predicted molar refractivity (Wildman–Crippen MR) is 159 cm³/mol. The van der Waals surface area contributed by atoms with Crippen LogP contribution in [0.4, 0.5) is 4.79 Å². The summed E-state index contributed by atoms with van der Waals surface area (Å²) in [7, 11) is 0.